The molecule has 8 atom stereocenters. The molecule has 2 heterocycles. The number of likely N-dealkylation sites (tertiary alicyclic amines) is 2. The number of alkyl carbamates (subject to hydrolysis) is 2. The number of imide groups is 2. The molecule has 4 bridgehead atoms. The van der Waals surface area contributed by atoms with E-state index >= 15 is 0 Å². The van der Waals surface area contributed by atoms with E-state index < -0.39 is 78.3 Å². The standard InChI is InChI=1S/C30H44N2O7.C22H33BrN2O7/c1-4-38-27(35)16-32-25(33)11-19(12-26(32)34)10-24(23-6-17(2)5-18(3)28(23)36)39-29(37)31-30-13-20-7-21(14-30)9-22(8-20)15-30;1-4-31-20(28)12-25-18(26)10-15(11-19(25)27)9-17(32-22(30)24-6-5-23)16-8-13(2)7-14(3)21(16)29/h17-24H,4-16H2,1-3H3,(H,31,37);13-17H,4-12H2,1-3H3,(H,24,30)/t17-,18?,20?,21?,22?,23?,24+,30?;13-,14?,16?,17+/m00/s1. The predicted octanol–water partition coefficient (Wildman–Crippen LogP) is 6.47. The number of rotatable bonds is 17. The third-order valence-corrected chi connectivity index (χ3v) is 16.5. The maximum absolute atomic E-state index is 13.4. The minimum absolute atomic E-state index is 0.0417. The van der Waals surface area contributed by atoms with Crippen LogP contribution in [0.1, 0.15) is 144 Å². The molecule has 8 aliphatic rings. The van der Waals surface area contributed by atoms with E-state index in [-0.39, 0.29) is 99.1 Å². The molecule has 6 saturated carbocycles. The molecule has 6 aliphatic carbocycles. The fourth-order valence-electron chi connectivity index (χ4n) is 13.6. The van der Waals surface area contributed by atoms with Crippen LogP contribution in [-0.2, 0) is 57.3 Å². The lowest BCUT2D eigenvalue weighted by molar-refractivity contribution is -0.159. The molecule has 0 radical (unpaired) electrons. The fraction of sp³-hybridized carbons (Fsp3) is 0.808. The second-order valence-corrected chi connectivity index (χ2v) is 23.0. The number of hydrogen-bond donors (Lipinski definition) is 2. The molecule has 4 unspecified atom stereocenters. The molecule has 396 valence electrons. The highest BCUT2D eigenvalue weighted by atomic mass is 79.9. The Hall–Kier alpha value is -4.42. The summed E-state index contributed by atoms with van der Waals surface area (Å²) in [7, 11) is 0. The van der Waals surface area contributed by atoms with Crippen molar-refractivity contribution in [3.63, 3.8) is 0 Å². The van der Waals surface area contributed by atoms with Crippen LogP contribution in [0.2, 0.25) is 0 Å². The van der Waals surface area contributed by atoms with E-state index in [1.54, 1.807) is 13.8 Å². The fourth-order valence-corrected chi connectivity index (χ4v) is 13.8. The lowest BCUT2D eigenvalue weighted by Crippen LogP contribution is -2.60. The van der Waals surface area contributed by atoms with Crippen LogP contribution < -0.4 is 10.6 Å². The highest BCUT2D eigenvalue weighted by Crippen LogP contribution is 2.55. The van der Waals surface area contributed by atoms with Crippen molar-refractivity contribution in [3.8, 4) is 0 Å². The van der Waals surface area contributed by atoms with E-state index in [9.17, 15) is 47.9 Å². The van der Waals surface area contributed by atoms with Crippen LogP contribution in [0.25, 0.3) is 0 Å². The molecule has 2 saturated heterocycles. The topological polar surface area (TPSA) is 238 Å². The Kier molecular flexibility index (Phi) is 19.7. The molecule has 19 heteroatoms. The van der Waals surface area contributed by atoms with Gasteiger partial charge < -0.3 is 29.6 Å². The van der Waals surface area contributed by atoms with Crippen molar-refractivity contribution in [1.82, 2.24) is 20.4 Å². The third-order valence-electron chi connectivity index (χ3n) is 16.1. The molecule has 2 aliphatic heterocycles. The Balaban J connectivity index is 0.000000238. The Morgan fingerprint density at radius 2 is 0.972 bits per heavy atom. The molecule has 0 aromatic rings. The van der Waals surface area contributed by atoms with Gasteiger partial charge >= 0.3 is 24.1 Å². The van der Waals surface area contributed by atoms with Crippen LogP contribution in [0.5, 0.6) is 0 Å². The molecule has 71 heavy (non-hydrogen) atoms. The first-order valence-electron chi connectivity index (χ1n) is 26.2. The molecule has 2 N–H and O–H groups in total. The average Bonchev–Trinajstić information content (AvgIpc) is 3.27. The molecule has 0 aromatic heterocycles. The Morgan fingerprint density at radius 1 is 0.592 bits per heavy atom. The number of carbonyl (C=O) groups is 10. The first kappa shape index (κ1) is 55.9. The number of amides is 6. The van der Waals surface area contributed by atoms with E-state index in [1.807, 2.05) is 13.8 Å². The third kappa shape index (κ3) is 14.9. The number of hydrogen-bond acceptors (Lipinski definition) is 14. The highest BCUT2D eigenvalue weighted by Gasteiger charge is 2.52. The average molecular weight is 1060 g/mol. The zero-order chi connectivity index (χ0) is 51.7. The first-order valence-corrected chi connectivity index (χ1v) is 27.4. The number of Topliss-reactive ketones (excluding diaryl/α,β-unsaturated/α-hetero) is 2. The largest absolute Gasteiger partial charge is 0.465 e. The lowest BCUT2D eigenvalue weighted by atomic mass is 9.53. The van der Waals surface area contributed by atoms with Crippen LogP contribution in [-0.4, -0.2) is 125 Å². The van der Waals surface area contributed by atoms with Gasteiger partial charge in [-0.1, -0.05) is 43.6 Å². The zero-order valence-electron chi connectivity index (χ0n) is 42.5. The van der Waals surface area contributed by atoms with Gasteiger partial charge in [-0.3, -0.25) is 48.2 Å². The lowest BCUT2D eigenvalue weighted by Gasteiger charge is -2.56. The van der Waals surface area contributed by atoms with Crippen molar-refractivity contribution in [2.45, 2.75) is 162 Å². The van der Waals surface area contributed by atoms with Gasteiger partial charge in [-0.25, -0.2) is 9.59 Å². The second kappa shape index (κ2) is 25.0. The van der Waals surface area contributed by atoms with Crippen molar-refractivity contribution in [3.05, 3.63) is 0 Å². The summed E-state index contributed by atoms with van der Waals surface area (Å²) in [4.78, 5) is 128. The highest BCUT2D eigenvalue weighted by molar-refractivity contribution is 9.09. The Morgan fingerprint density at radius 3 is 1.34 bits per heavy atom. The van der Waals surface area contributed by atoms with Crippen molar-refractivity contribution < 1.29 is 66.9 Å². The summed E-state index contributed by atoms with van der Waals surface area (Å²) in [5.74, 6) is -2.14. The molecular formula is C52H77BrN4O14. The van der Waals surface area contributed by atoms with Crippen molar-refractivity contribution in [2.24, 2.45) is 65.1 Å². The summed E-state index contributed by atoms with van der Waals surface area (Å²) in [6.45, 7) is 11.2. The number of halogens is 1. The molecular weight excluding hydrogens is 984 g/mol. The molecule has 18 nitrogen and oxygen atoms in total. The summed E-state index contributed by atoms with van der Waals surface area (Å²) < 4.78 is 21.5. The van der Waals surface area contributed by atoms with E-state index in [4.69, 9.17) is 18.9 Å². The molecule has 0 aromatic carbocycles. The monoisotopic (exact) mass is 1060 g/mol. The number of ketones is 2. The van der Waals surface area contributed by atoms with Gasteiger partial charge in [0.1, 0.15) is 36.9 Å². The van der Waals surface area contributed by atoms with E-state index in [2.05, 4.69) is 40.4 Å². The number of nitrogens with one attached hydrogen (secondary N) is 2. The quantitative estimate of drug-likeness (QED) is 0.0688. The van der Waals surface area contributed by atoms with Gasteiger partial charge in [0.25, 0.3) is 0 Å². The Labute approximate surface area is 426 Å². The summed E-state index contributed by atoms with van der Waals surface area (Å²) in [5.41, 5.74) is -0.210. The molecule has 0 spiro atoms. The van der Waals surface area contributed by atoms with Crippen LogP contribution in [0.15, 0.2) is 0 Å². The van der Waals surface area contributed by atoms with Gasteiger partial charge in [-0.15, -0.1) is 0 Å². The maximum Gasteiger partial charge on any atom is 0.407 e. The normalized spacial score (nSPS) is 31.8. The van der Waals surface area contributed by atoms with Gasteiger partial charge in [0, 0.05) is 54.9 Å². The summed E-state index contributed by atoms with van der Waals surface area (Å²) in [6.07, 6.45) is 7.83. The maximum atomic E-state index is 13.4. The van der Waals surface area contributed by atoms with Crippen LogP contribution in [0, 0.1) is 65.1 Å². The number of alkyl halides is 1. The number of nitrogens with zero attached hydrogens (tertiary/aromatic N) is 2. The minimum atomic E-state index is -0.717. The molecule has 8 fully saturated rings. The minimum Gasteiger partial charge on any atom is -0.465 e. The Bertz CT molecular complexity index is 1940. The summed E-state index contributed by atoms with van der Waals surface area (Å²) in [6, 6.07) is 0. The predicted molar refractivity (Wildman–Crippen MR) is 260 cm³/mol. The van der Waals surface area contributed by atoms with Crippen molar-refractivity contribution in [1.29, 1.82) is 0 Å². The molecule has 8 rings (SSSR count). The zero-order valence-corrected chi connectivity index (χ0v) is 44.1. The van der Waals surface area contributed by atoms with Gasteiger partial charge in [-0.05, 0) is 132 Å². The van der Waals surface area contributed by atoms with Crippen molar-refractivity contribution in [2.75, 3.05) is 38.2 Å². The van der Waals surface area contributed by atoms with Crippen LogP contribution in [0.3, 0.4) is 0 Å². The van der Waals surface area contributed by atoms with Crippen LogP contribution in [0.4, 0.5) is 9.59 Å². The van der Waals surface area contributed by atoms with Gasteiger partial charge in [0.2, 0.25) is 23.6 Å². The van der Waals surface area contributed by atoms with Gasteiger partial charge in [-0.2, -0.15) is 0 Å². The van der Waals surface area contributed by atoms with E-state index in [0.29, 0.717) is 54.3 Å². The number of ether oxygens (including phenoxy) is 4. The second-order valence-electron chi connectivity index (χ2n) is 22.2. The molecule has 6 amide bonds. The smallest absolute Gasteiger partial charge is 0.407 e. The number of piperidine rings is 2. The summed E-state index contributed by atoms with van der Waals surface area (Å²) in [5, 5.41) is 6.44. The van der Waals surface area contributed by atoms with Gasteiger partial charge in [0.05, 0.1) is 25.0 Å². The number of carbonyl (C=O) groups excluding carboxylic acids is 10. The SMILES string of the molecule is CCOC(=O)CN1C(=O)CC(C[C@@H](OC(=O)NC23CC4CC(CC(C4)C2)C3)C2C[C@@H](C)CC(C)C2=O)CC1=O.CCOC(=O)CN1C(=O)CC(C[C@@H](OC(=O)NCCBr)C2C[C@@H](C)CC(C)C2=O)CC1=O. The van der Waals surface area contributed by atoms with E-state index in [1.165, 1.54) is 19.3 Å². The first-order chi connectivity index (χ1) is 33.7. The van der Waals surface area contributed by atoms with Crippen LogP contribution >= 0.6 is 15.9 Å². The van der Waals surface area contributed by atoms with E-state index in [0.717, 1.165) is 41.9 Å². The van der Waals surface area contributed by atoms with Gasteiger partial charge in [0.15, 0.2) is 0 Å². The summed E-state index contributed by atoms with van der Waals surface area (Å²) >= 11 is 3.23. The van der Waals surface area contributed by atoms with Crippen molar-refractivity contribution >= 4 is 75.3 Å². The number of esters is 2.